The van der Waals surface area contributed by atoms with E-state index in [0.29, 0.717) is 11.6 Å². The van der Waals surface area contributed by atoms with E-state index in [4.69, 9.17) is 15.9 Å². The van der Waals surface area contributed by atoms with E-state index in [1.165, 1.54) is 24.2 Å². The largest absolute Gasteiger partial charge is 0.378 e. The summed E-state index contributed by atoms with van der Waals surface area (Å²) in [5, 5.41) is 12.5. The average Bonchev–Trinajstić information content (AvgIpc) is 3.36. The number of aromatic nitrogens is 2. The number of nitrogens with two attached hydrogens (primary N) is 1. The smallest absolute Gasteiger partial charge is 0.210 e. The van der Waals surface area contributed by atoms with E-state index in [1.807, 2.05) is 12.1 Å². The summed E-state index contributed by atoms with van der Waals surface area (Å²) in [6.45, 7) is 7.40. The predicted octanol–water partition coefficient (Wildman–Crippen LogP) is 0.557. The Morgan fingerprint density at radius 1 is 1.09 bits per heavy atom. The van der Waals surface area contributed by atoms with Gasteiger partial charge in [0, 0.05) is 37.9 Å². The molecule has 0 radical (unpaired) electrons. The summed E-state index contributed by atoms with van der Waals surface area (Å²) in [5.74, 6) is 0.908. The lowest BCUT2D eigenvalue weighted by Crippen LogP contribution is -2.55. The SMILES string of the molecule is N=C(N)N(NNNc1ccc(N2CCOCC2)cc1)c1cc(NCCN2CCCC2)ncn1. The molecule has 2 aliphatic heterocycles. The van der Waals surface area contributed by atoms with Gasteiger partial charge >= 0.3 is 0 Å². The second-order valence-corrected chi connectivity index (χ2v) is 7.97. The normalized spacial score (nSPS) is 16.5. The Hall–Kier alpha value is -3.19. The predicted molar refractivity (Wildman–Crippen MR) is 130 cm³/mol. The van der Waals surface area contributed by atoms with Crippen LogP contribution in [0.2, 0.25) is 0 Å². The summed E-state index contributed by atoms with van der Waals surface area (Å²) in [6, 6.07) is 9.82. The van der Waals surface area contributed by atoms with Crippen molar-refractivity contribution in [2.75, 3.05) is 73.1 Å². The van der Waals surface area contributed by atoms with Crippen LogP contribution < -0.4 is 37.5 Å². The summed E-state index contributed by atoms with van der Waals surface area (Å²) in [5.41, 5.74) is 16.5. The minimum Gasteiger partial charge on any atom is -0.378 e. The van der Waals surface area contributed by atoms with Crippen LogP contribution in [0.3, 0.4) is 0 Å². The van der Waals surface area contributed by atoms with E-state index >= 15 is 0 Å². The van der Waals surface area contributed by atoms with Crippen LogP contribution >= 0.6 is 0 Å². The lowest BCUT2D eigenvalue weighted by atomic mass is 10.2. The van der Waals surface area contributed by atoms with Crippen LogP contribution in [0.15, 0.2) is 36.7 Å². The Labute approximate surface area is 193 Å². The Morgan fingerprint density at radius 2 is 1.85 bits per heavy atom. The van der Waals surface area contributed by atoms with Gasteiger partial charge in [-0.05, 0) is 50.2 Å². The first-order chi connectivity index (χ1) is 16.2. The van der Waals surface area contributed by atoms with Crippen LogP contribution in [0.1, 0.15) is 12.8 Å². The number of nitrogens with zero attached hydrogens (tertiary/aromatic N) is 5. The summed E-state index contributed by atoms with van der Waals surface area (Å²) in [6.07, 6.45) is 3.99. The lowest BCUT2D eigenvalue weighted by molar-refractivity contribution is 0.122. The molecule has 12 nitrogen and oxygen atoms in total. The first-order valence-electron chi connectivity index (χ1n) is 11.3. The number of rotatable bonds is 10. The molecule has 0 spiro atoms. The van der Waals surface area contributed by atoms with Crippen molar-refractivity contribution in [3.05, 3.63) is 36.7 Å². The molecule has 1 aromatic heterocycles. The van der Waals surface area contributed by atoms with E-state index in [9.17, 15) is 0 Å². The van der Waals surface area contributed by atoms with Crippen LogP contribution in [-0.4, -0.2) is 73.3 Å². The molecule has 1 aromatic carbocycles. The van der Waals surface area contributed by atoms with Gasteiger partial charge in [-0.3, -0.25) is 5.41 Å². The van der Waals surface area contributed by atoms with Crippen molar-refractivity contribution in [1.82, 2.24) is 25.9 Å². The highest BCUT2D eigenvalue weighted by Gasteiger charge is 2.14. The number of morpholine rings is 1. The fourth-order valence-electron chi connectivity index (χ4n) is 3.89. The third-order valence-electron chi connectivity index (χ3n) is 5.67. The average molecular weight is 456 g/mol. The summed E-state index contributed by atoms with van der Waals surface area (Å²) in [4.78, 5) is 13.2. The summed E-state index contributed by atoms with van der Waals surface area (Å²) >= 11 is 0. The van der Waals surface area contributed by atoms with Gasteiger partial charge in [0.1, 0.15) is 12.1 Å². The second kappa shape index (κ2) is 11.6. The first kappa shape index (κ1) is 23.0. The van der Waals surface area contributed by atoms with Gasteiger partial charge in [-0.2, -0.15) is 5.53 Å². The molecule has 0 unspecified atom stereocenters. The number of nitrogens with one attached hydrogen (secondary N) is 5. The molecule has 178 valence electrons. The molecule has 2 fully saturated rings. The van der Waals surface area contributed by atoms with Crippen molar-refractivity contribution in [2.24, 2.45) is 5.73 Å². The molecule has 3 heterocycles. The molecule has 12 heteroatoms. The van der Waals surface area contributed by atoms with Crippen LogP contribution in [0.25, 0.3) is 0 Å². The third kappa shape index (κ3) is 6.65. The van der Waals surface area contributed by atoms with Gasteiger partial charge in [0.15, 0.2) is 5.82 Å². The van der Waals surface area contributed by atoms with E-state index in [0.717, 1.165) is 63.9 Å². The fourth-order valence-corrected chi connectivity index (χ4v) is 3.89. The molecule has 0 bridgehead atoms. The number of hydrazine groups is 3. The highest BCUT2D eigenvalue weighted by Crippen LogP contribution is 2.18. The fraction of sp³-hybridized carbons (Fsp3) is 0.476. The maximum atomic E-state index is 7.91. The number of benzene rings is 1. The monoisotopic (exact) mass is 455 g/mol. The zero-order valence-corrected chi connectivity index (χ0v) is 18.8. The number of anilines is 4. The van der Waals surface area contributed by atoms with Crippen LogP contribution in [0.5, 0.6) is 0 Å². The Morgan fingerprint density at radius 3 is 2.58 bits per heavy atom. The van der Waals surface area contributed by atoms with E-state index < -0.39 is 0 Å². The van der Waals surface area contributed by atoms with Gasteiger partial charge in [0.05, 0.1) is 18.9 Å². The van der Waals surface area contributed by atoms with Crippen molar-refractivity contribution in [1.29, 1.82) is 5.41 Å². The Kier molecular flexibility index (Phi) is 8.09. The maximum Gasteiger partial charge on any atom is 0.210 e. The quantitative estimate of drug-likeness (QED) is 0.170. The zero-order valence-electron chi connectivity index (χ0n) is 18.8. The number of likely N-dealkylation sites (tertiary alicyclic amines) is 1. The summed E-state index contributed by atoms with van der Waals surface area (Å²) in [7, 11) is 0. The van der Waals surface area contributed by atoms with Crippen molar-refractivity contribution in [2.45, 2.75) is 12.8 Å². The van der Waals surface area contributed by atoms with Gasteiger partial charge in [-0.25, -0.2) is 15.0 Å². The highest BCUT2D eigenvalue weighted by atomic mass is 16.5. The molecule has 2 saturated heterocycles. The molecule has 33 heavy (non-hydrogen) atoms. The molecule has 0 saturated carbocycles. The molecule has 2 aliphatic rings. The topological polar surface area (TPSA) is 143 Å². The standard InChI is InChI=1S/C21H33N11O/c22-21(23)32(20-15-19(25-16-26-20)24-7-10-30-8-1-2-9-30)29-28-27-17-3-5-18(6-4-17)31-11-13-33-14-12-31/h3-6,15-16,27-29H,1-2,7-14H2,(H3,22,23)(H,24,25,26). The van der Waals surface area contributed by atoms with Crippen LogP contribution in [0, 0.1) is 5.41 Å². The second-order valence-electron chi connectivity index (χ2n) is 7.97. The van der Waals surface area contributed by atoms with Gasteiger partial charge in [0.2, 0.25) is 5.96 Å². The van der Waals surface area contributed by atoms with Gasteiger partial charge in [-0.15, -0.1) is 5.53 Å². The Bertz CT molecular complexity index is 882. The molecule has 0 atom stereocenters. The zero-order chi connectivity index (χ0) is 22.9. The van der Waals surface area contributed by atoms with Gasteiger partial charge < -0.3 is 31.0 Å². The highest BCUT2D eigenvalue weighted by molar-refractivity contribution is 5.90. The van der Waals surface area contributed by atoms with Gasteiger partial charge in [0.25, 0.3) is 0 Å². The van der Waals surface area contributed by atoms with Crippen LogP contribution in [-0.2, 0) is 4.74 Å². The van der Waals surface area contributed by atoms with Crippen molar-refractivity contribution in [3.63, 3.8) is 0 Å². The Balaban J connectivity index is 1.27. The van der Waals surface area contributed by atoms with E-state index in [1.54, 1.807) is 6.07 Å². The molecule has 2 aromatic rings. The molecule has 0 aliphatic carbocycles. The number of ether oxygens (including phenoxy) is 1. The lowest BCUT2D eigenvalue weighted by Gasteiger charge is -2.29. The van der Waals surface area contributed by atoms with Gasteiger partial charge in [-0.1, -0.05) is 0 Å². The number of hydrogen-bond donors (Lipinski definition) is 6. The van der Waals surface area contributed by atoms with Crippen molar-refractivity contribution in [3.8, 4) is 0 Å². The molecular formula is C21H33N11O. The molecular weight excluding hydrogens is 422 g/mol. The van der Waals surface area contributed by atoms with E-state index in [2.05, 4.69) is 53.7 Å². The molecule has 7 N–H and O–H groups in total. The van der Waals surface area contributed by atoms with Crippen molar-refractivity contribution >= 4 is 29.0 Å². The van der Waals surface area contributed by atoms with E-state index in [-0.39, 0.29) is 5.96 Å². The van der Waals surface area contributed by atoms with Crippen molar-refractivity contribution < 1.29 is 4.74 Å². The van der Waals surface area contributed by atoms with Crippen LogP contribution in [0.4, 0.5) is 23.0 Å². The third-order valence-corrected chi connectivity index (χ3v) is 5.67. The minimum absolute atomic E-state index is 0.214. The summed E-state index contributed by atoms with van der Waals surface area (Å²) < 4.78 is 5.40. The maximum absolute atomic E-state index is 7.91. The first-order valence-corrected chi connectivity index (χ1v) is 11.3. The number of guanidine groups is 1. The molecule has 4 rings (SSSR count). The minimum atomic E-state index is -0.214. The molecule has 0 amide bonds. The number of hydrogen-bond acceptors (Lipinski definition) is 10.